The fourth-order valence-electron chi connectivity index (χ4n) is 9.33. The second-order valence-corrected chi connectivity index (χ2v) is 16.1. The molecule has 0 aliphatic heterocycles. The summed E-state index contributed by atoms with van der Waals surface area (Å²) in [5.74, 6) is 1.77. The molecule has 0 saturated carbocycles. The fraction of sp³-hybridized carbons (Fsp3) is 0.0182. The van der Waals surface area contributed by atoms with Crippen molar-refractivity contribution in [2.24, 2.45) is 0 Å². The quantitative estimate of drug-likeness (QED) is 0.145. The maximum absolute atomic E-state index is 15.5. The van der Waals surface area contributed by atoms with Gasteiger partial charge in [-0.25, -0.2) is 49.6 Å². The Morgan fingerprint density at radius 3 is 1.16 bits per heavy atom. The molecule has 330 valence electrons. The zero-order valence-electron chi connectivity index (χ0n) is 36.2. The molecule has 15 heteroatoms. The van der Waals surface area contributed by atoms with Gasteiger partial charge in [0.1, 0.15) is 0 Å². The van der Waals surface area contributed by atoms with Gasteiger partial charge in [0.25, 0.3) is 0 Å². The van der Waals surface area contributed by atoms with Gasteiger partial charge < -0.3 is 9.13 Å². The second-order valence-electron chi connectivity index (χ2n) is 16.1. The van der Waals surface area contributed by atoms with Crippen molar-refractivity contribution in [3.05, 3.63) is 205 Å². The van der Waals surface area contributed by atoms with Crippen LogP contribution in [-0.2, 0) is 6.18 Å². The van der Waals surface area contributed by atoms with Crippen LogP contribution in [0.4, 0.5) is 24.5 Å². The van der Waals surface area contributed by atoms with Crippen LogP contribution in [0.25, 0.3) is 121 Å². The van der Waals surface area contributed by atoms with Gasteiger partial charge >= 0.3 is 6.18 Å². The van der Waals surface area contributed by atoms with E-state index in [2.05, 4.69) is 49.6 Å². The Morgan fingerprint density at radius 1 is 0.414 bits per heavy atom. The summed E-state index contributed by atoms with van der Waals surface area (Å²) in [7, 11) is 0. The molecule has 0 aliphatic rings. The van der Waals surface area contributed by atoms with Crippen molar-refractivity contribution < 1.29 is 13.2 Å². The molecule has 0 bridgehead atoms. The van der Waals surface area contributed by atoms with Crippen molar-refractivity contribution in [1.82, 2.24) is 49.0 Å². The maximum Gasteiger partial charge on any atom is 0.415 e. The predicted octanol–water partition coefficient (Wildman–Crippen LogP) is 13.5. The Hall–Kier alpha value is -9.99. The molecular weight excluding hydrogens is 886 g/mol. The lowest BCUT2D eigenvalue weighted by Crippen LogP contribution is -2.09. The van der Waals surface area contributed by atoms with Gasteiger partial charge in [-0.2, -0.15) is 13.2 Å². The standard InChI is InChI=1S/C55H29F3N12/c1-59-42-9-3-8-41(55(56,57)58)48(42)40-18-19-43(69-44-28-32(51-61-20-4-21-62-51)10-14-36(44)37-15-11-33(29-45(37)69)52-63-22-5-23-64-52)49(60-2)50(40)70-46-30-34(53-65-24-6-25-66-53)12-16-38(46)39-17-13-35(31-47(39)70)54-67-26-7-27-68-54/h3-31H. The van der Waals surface area contributed by atoms with E-state index in [9.17, 15) is 6.57 Å². The minimum Gasteiger partial charge on any atom is -0.319 e. The Bertz CT molecular complexity index is 3930. The summed E-state index contributed by atoms with van der Waals surface area (Å²) < 4.78 is 50.2. The maximum atomic E-state index is 15.5. The summed E-state index contributed by atoms with van der Waals surface area (Å²) >= 11 is 0. The topological polar surface area (TPSA) is 122 Å². The van der Waals surface area contributed by atoms with Gasteiger partial charge in [-0.3, -0.25) is 0 Å². The summed E-state index contributed by atoms with van der Waals surface area (Å²) in [6.45, 7) is 17.5. The van der Waals surface area contributed by atoms with Gasteiger partial charge in [-0.15, -0.1) is 0 Å². The van der Waals surface area contributed by atoms with Crippen molar-refractivity contribution in [2.45, 2.75) is 6.18 Å². The highest BCUT2D eigenvalue weighted by molar-refractivity contribution is 6.14. The van der Waals surface area contributed by atoms with E-state index >= 15 is 13.2 Å². The first-order valence-electron chi connectivity index (χ1n) is 21.7. The molecule has 0 radical (unpaired) electrons. The molecular formula is C55H29F3N12. The normalized spacial score (nSPS) is 11.6. The average molecular weight is 915 g/mol. The lowest BCUT2D eigenvalue weighted by atomic mass is 9.94. The van der Waals surface area contributed by atoms with Crippen molar-refractivity contribution in [3.8, 4) is 68.1 Å². The smallest absolute Gasteiger partial charge is 0.319 e. The molecule has 0 spiro atoms. The molecule has 0 saturated heterocycles. The van der Waals surface area contributed by atoms with E-state index < -0.39 is 11.7 Å². The molecule has 70 heavy (non-hydrogen) atoms. The van der Waals surface area contributed by atoms with Gasteiger partial charge in [0.2, 0.25) is 5.69 Å². The highest BCUT2D eigenvalue weighted by Gasteiger charge is 2.36. The minimum absolute atomic E-state index is 0.00605. The number of alkyl halides is 3. The van der Waals surface area contributed by atoms with Crippen LogP contribution in [0.2, 0.25) is 0 Å². The highest BCUT2D eigenvalue weighted by Crippen LogP contribution is 2.51. The summed E-state index contributed by atoms with van der Waals surface area (Å²) in [4.78, 5) is 44.2. The summed E-state index contributed by atoms with van der Waals surface area (Å²) in [5.41, 5.74) is 3.86. The lowest BCUT2D eigenvalue weighted by molar-refractivity contribution is -0.137. The molecule has 0 unspecified atom stereocenters. The SMILES string of the molecule is [C-]#[N+]c1cccc(C(F)(F)F)c1-c1ccc(-n2c3cc(-c4ncccn4)ccc3c3ccc(-c4ncccn4)cc32)c([N+]#[C-])c1-n1c2cc(-c3ncccn3)ccc2c2ccc(-c3ncccn3)cc21. The Balaban J connectivity index is 1.27. The molecule has 0 N–H and O–H groups in total. The largest absolute Gasteiger partial charge is 0.415 e. The van der Waals surface area contributed by atoms with E-state index in [-0.39, 0.29) is 28.2 Å². The number of fused-ring (bicyclic) bond motifs is 6. The third-order valence-corrected chi connectivity index (χ3v) is 12.3. The van der Waals surface area contributed by atoms with Crippen molar-refractivity contribution in [1.29, 1.82) is 0 Å². The Kier molecular flexibility index (Phi) is 9.71. The summed E-state index contributed by atoms with van der Waals surface area (Å²) in [6.07, 6.45) is 8.25. The van der Waals surface area contributed by atoms with Crippen LogP contribution in [-0.4, -0.2) is 49.0 Å². The van der Waals surface area contributed by atoms with E-state index in [1.807, 2.05) is 81.9 Å². The molecule has 0 aliphatic carbocycles. The number of halogens is 3. The average Bonchev–Trinajstić information content (AvgIpc) is 3.91. The molecule has 0 amide bonds. The van der Waals surface area contributed by atoms with Crippen LogP contribution >= 0.6 is 0 Å². The fourth-order valence-corrected chi connectivity index (χ4v) is 9.33. The van der Waals surface area contributed by atoms with Crippen LogP contribution < -0.4 is 0 Å². The third-order valence-electron chi connectivity index (χ3n) is 12.3. The number of hydrogen-bond acceptors (Lipinski definition) is 8. The van der Waals surface area contributed by atoms with Crippen LogP contribution in [0.15, 0.2) is 177 Å². The highest BCUT2D eigenvalue weighted by atomic mass is 19.4. The van der Waals surface area contributed by atoms with Crippen LogP contribution in [0, 0.1) is 13.1 Å². The van der Waals surface area contributed by atoms with Crippen molar-refractivity contribution in [3.63, 3.8) is 0 Å². The molecule has 12 aromatic rings. The summed E-state index contributed by atoms with van der Waals surface area (Å²) in [5, 5.41) is 3.11. The van der Waals surface area contributed by atoms with Gasteiger partial charge in [0, 0.05) is 98.9 Å². The van der Waals surface area contributed by atoms with Crippen molar-refractivity contribution in [2.75, 3.05) is 0 Å². The molecule has 6 heterocycles. The van der Waals surface area contributed by atoms with Crippen molar-refractivity contribution >= 4 is 55.0 Å². The van der Waals surface area contributed by atoms with E-state index in [4.69, 9.17) is 6.57 Å². The Morgan fingerprint density at radius 2 is 0.800 bits per heavy atom. The molecule has 0 atom stereocenters. The second kappa shape index (κ2) is 16.4. The third kappa shape index (κ3) is 6.76. The van der Waals surface area contributed by atoms with Crippen LogP contribution in [0.1, 0.15) is 5.56 Å². The molecule has 6 aromatic heterocycles. The Labute approximate surface area is 395 Å². The number of rotatable bonds is 7. The molecule has 12 nitrogen and oxygen atoms in total. The van der Waals surface area contributed by atoms with Crippen LogP contribution in [0.5, 0.6) is 0 Å². The number of nitrogens with zero attached hydrogens (tertiary/aromatic N) is 12. The lowest BCUT2D eigenvalue weighted by Gasteiger charge is -2.23. The van der Waals surface area contributed by atoms with E-state index in [1.54, 1.807) is 86.0 Å². The zero-order chi connectivity index (χ0) is 47.5. The first kappa shape index (κ1) is 41.4. The number of hydrogen-bond donors (Lipinski definition) is 0. The molecule has 12 rings (SSSR count). The van der Waals surface area contributed by atoms with Gasteiger partial charge in [0.05, 0.1) is 52.1 Å². The monoisotopic (exact) mass is 914 g/mol. The molecule has 6 aromatic carbocycles. The van der Waals surface area contributed by atoms with Gasteiger partial charge in [0.15, 0.2) is 29.0 Å². The first-order valence-corrected chi connectivity index (χ1v) is 21.7. The first-order chi connectivity index (χ1) is 34.3. The van der Waals surface area contributed by atoms with E-state index in [1.165, 1.54) is 12.1 Å². The number of benzene rings is 6. The summed E-state index contributed by atoms with van der Waals surface area (Å²) in [6, 6.07) is 36.7. The van der Waals surface area contributed by atoms with Gasteiger partial charge in [-0.1, -0.05) is 72.8 Å². The zero-order valence-corrected chi connectivity index (χ0v) is 36.2. The van der Waals surface area contributed by atoms with E-state index in [0.29, 0.717) is 73.3 Å². The number of aromatic nitrogens is 10. The molecule has 0 fully saturated rings. The predicted molar refractivity (Wildman–Crippen MR) is 262 cm³/mol. The van der Waals surface area contributed by atoms with E-state index in [0.717, 1.165) is 27.6 Å². The van der Waals surface area contributed by atoms with Gasteiger partial charge in [-0.05, 0) is 60.2 Å². The van der Waals surface area contributed by atoms with Crippen LogP contribution in [0.3, 0.4) is 0 Å². The minimum atomic E-state index is -4.89.